The zero-order valence-electron chi connectivity index (χ0n) is 7.13. The molecule has 0 aromatic rings. The van der Waals surface area contributed by atoms with Gasteiger partial charge in [-0.1, -0.05) is 0 Å². The van der Waals surface area contributed by atoms with Crippen molar-refractivity contribution in [2.24, 2.45) is 0 Å². The summed E-state index contributed by atoms with van der Waals surface area (Å²) in [5, 5.41) is 9.37. The number of ether oxygens (including phenoxy) is 1. The molecule has 0 aliphatic heterocycles. The predicted octanol–water partition coefficient (Wildman–Crippen LogP) is 1.77. The third kappa shape index (κ3) is 2.49. The van der Waals surface area contributed by atoms with Crippen molar-refractivity contribution in [2.75, 3.05) is 0 Å². The first-order chi connectivity index (χ1) is 7.17. The van der Waals surface area contributed by atoms with Crippen LogP contribution < -0.4 is 5.11 Å². The van der Waals surface area contributed by atoms with Crippen LogP contribution in [0.15, 0.2) is 0 Å². The number of rotatable bonds is 3. The molecule has 102 valence electrons. The molecular formula is C5F9O3-. The van der Waals surface area contributed by atoms with Gasteiger partial charge in [-0.05, 0) is 0 Å². The van der Waals surface area contributed by atoms with Gasteiger partial charge in [0.05, 0.1) is 0 Å². The van der Waals surface area contributed by atoms with E-state index < -0.39 is 30.3 Å². The van der Waals surface area contributed by atoms with Crippen molar-refractivity contribution in [1.82, 2.24) is 0 Å². The molecule has 0 aliphatic carbocycles. The van der Waals surface area contributed by atoms with Gasteiger partial charge >= 0.3 is 24.1 Å². The van der Waals surface area contributed by atoms with Crippen LogP contribution in [0, 0.1) is 0 Å². The summed E-state index contributed by atoms with van der Waals surface area (Å²) < 4.78 is 109. The highest BCUT2D eigenvalue weighted by Gasteiger charge is 2.82. The maximum absolute atomic E-state index is 12.2. The van der Waals surface area contributed by atoms with E-state index in [0.717, 1.165) is 0 Å². The highest BCUT2D eigenvalue weighted by atomic mass is 19.4. The Morgan fingerprint density at radius 1 is 0.824 bits per heavy atom. The minimum Gasteiger partial charge on any atom is -0.485 e. The lowest BCUT2D eigenvalue weighted by Gasteiger charge is -2.34. The van der Waals surface area contributed by atoms with E-state index in [2.05, 4.69) is 0 Å². The first-order valence-corrected chi connectivity index (χ1v) is 3.27. The number of halogens is 9. The van der Waals surface area contributed by atoms with E-state index in [0.29, 0.717) is 0 Å². The van der Waals surface area contributed by atoms with Gasteiger partial charge in [0.15, 0.2) is 0 Å². The summed E-state index contributed by atoms with van der Waals surface area (Å²) in [6.07, 6.45) is -17.0. The van der Waals surface area contributed by atoms with Gasteiger partial charge in [-0.3, -0.25) is 0 Å². The largest absolute Gasteiger partial charge is 0.485 e. The second kappa shape index (κ2) is 3.84. The maximum atomic E-state index is 12.2. The number of carboxylic acid groups (broad SMARTS) is 1. The maximum Gasteiger partial charge on any atom is 0.460 e. The van der Waals surface area contributed by atoms with Gasteiger partial charge in [-0.15, -0.1) is 0 Å². The third-order valence-corrected chi connectivity index (χ3v) is 1.33. The van der Waals surface area contributed by atoms with Gasteiger partial charge in [0.2, 0.25) is 0 Å². The van der Waals surface area contributed by atoms with Gasteiger partial charge < -0.3 is 14.6 Å². The molecule has 0 spiro atoms. The quantitative estimate of drug-likeness (QED) is 0.584. The molecule has 12 heteroatoms. The Hall–Kier alpha value is -1.36. The standard InChI is InChI=1S/C5HF9O3/c6-2(7,4(10,11)12)3(8,9)5(13,14)17-1(15)16/h(H,15,16)/p-1. The number of hydrogen-bond acceptors (Lipinski definition) is 3. The van der Waals surface area contributed by atoms with Crippen LogP contribution in [0.3, 0.4) is 0 Å². The average molecular weight is 279 g/mol. The van der Waals surface area contributed by atoms with Crippen LogP contribution in [0.4, 0.5) is 44.3 Å². The fraction of sp³-hybridized carbons (Fsp3) is 0.800. The Morgan fingerprint density at radius 3 is 1.41 bits per heavy atom. The summed E-state index contributed by atoms with van der Waals surface area (Å²) >= 11 is 0. The van der Waals surface area contributed by atoms with Crippen molar-refractivity contribution < 1.29 is 54.2 Å². The molecule has 0 aromatic carbocycles. The monoisotopic (exact) mass is 279 g/mol. The van der Waals surface area contributed by atoms with Crippen LogP contribution in [-0.2, 0) is 4.74 Å². The van der Waals surface area contributed by atoms with Crippen LogP contribution in [-0.4, -0.2) is 30.3 Å². The lowest BCUT2D eigenvalue weighted by atomic mass is 10.1. The molecule has 17 heavy (non-hydrogen) atoms. The van der Waals surface area contributed by atoms with Crippen molar-refractivity contribution in [1.29, 1.82) is 0 Å². The fourth-order valence-corrected chi connectivity index (χ4v) is 0.530. The normalized spacial score (nSPS) is 14.6. The predicted molar refractivity (Wildman–Crippen MR) is 27.4 cm³/mol. The van der Waals surface area contributed by atoms with E-state index in [9.17, 15) is 49.4 Å². The van der Waals surface area contributed by atoms with Gasteiger partial charge in [-0.2, -0.15) is 39.5 Å². The lowest BCUT2D eigenvalue weighted by Crippen LogP contribution is -2.62. The van der Waals surface area contributed by atoms with E-state index >= 15 is 0 Å². The summed E-state index contributed by atoms with van der Waals surface area (Å²) in [5.41, 5.74) is 0. The van der Waals surface area contributed by atoms with Gasteiger partial charge in [-0.25, -0.2) is 0 Å². The van der Waals surface area contributed by atoms with Crippen LogP contribution in [0.5, 0.6) is 0 Å². The molecule has 0 aromatic heterocycles. The van der Waals surface area contributed by atoms with Gasteiger partial charge in [0, 0.05) is 0 Å². The third-order valence-electron chi connectivity index (χ3n) is 1.33. The highest BCUT2D eigenvalue weighted by Crippen LogP contribution is 2.53. The van der Waals surface area contributed by atoms with Crippen molar-refractivity contribution >= 4 is 6.16 Å². The van der Waals surface area contributed by atoms with E-state index in [1.807, 2.05) is 4.74 Å². The highest BCUT2D eigenvalue weighted by molar-refractivity contribution is 5.54. The molecule has 0 rings (SSSR count). The van der Waals surface area contributed by atoms with E-state index in [-0.39, 0.29) is 0 Å². The first-order valence-electron chi connectivity index (χ1n) is 3.27. The van der Waals surface area contributed by atoms with Gasteiger partial charge in [0.25, 0.3) is 6.16 Å². The van der Waals surface area contributed by atoms with Crippen LogP contribution in [0.25, 0.3) is 0 Å². The van der Waals surface area contributed by atoms with E-state index in [4.69, 9.17) is 0 Å². The van der Waals surface area contributed by atoms with E-state index in [1.54, 1.807) is 0 Å². The molecule has 0 saturated heterocycles. The van der Waals surface area contributed by atoms with Crippen LogP contribution in [0.2, 0.25) is 0 Å². The van der Waals surface area contributed by atoms with Crippen molar-refractivity contribution in [2.45, 2.75) is 24.1 Å². The summed E-state index contributed by atoms with van der Waals surface area (Å²) in [6.45, 7) is 0. The van der Waals surface area contributed by atoms with Gasteiger partial charge in [0.1, 0.15) is 0 Å². The number of alkyl halides is 9. The van der Waals surface area contributed by atoms with Crippen molar-refractivity contribution in [3.8, 4) is 0 Å². The van der Waals surface area contributed by atoms with E-state index in [1.165, 1.54) is 0 Å². The summed E-state index contributed by atoms with van der Waals surface area (Å²) in [7, 11) is 0. The molecule has 0 fully saturated rings. The Labute approximate surface area is 85.8 Å². The Bertz CT molecular complexity index is 306. The zero-order chi connectivity index (χ0) is 14.3. The molecule has 0 aliphatic rings. The fourth-order valence-electron chi connectivity index (χ4n) is 0.530. The Morgan fingerprint density at radius 2 is 1.18 bits per heavy atom. The topological polar surface area (TPSA) is 49.4 Å². The summed E-state index contributed by atoms with van der Waals surface area (Å²) in [4.78, 5) is 9.37. The molecular weight excluding hydrogens is 279 g/mol. The summed E-state index contributed by atoms with van der Waals surface area (Å²) in [5.74, 6) is -14.3. The lowest BCUT2D eigenvalue weighted by molar-refractivity contribution is -0.446. The van der Waals surface area contributed by atoms with Crippen LogP contribution in [0.1, 0.15) is 0 Å². The molecule has 0 bridgehead atoms. The molecule has 0 N–H and O–H groups in total. The summed E-state index contributed by atoms with van der Waals surface area (Å²) in [6, 6.07) is 0. The average Bonchev–Trinajstić information content (AvgIpc) is 1.98. The minimum absolute atomic E-state index is 1.93. The van der Waals surface area contributed by atoms with Crippen LogP contribution >= 0.6 is 0 Å². The zero-order valence-corrected chi connectivity index (χ0v) is 7.13. The first kappa shape index (κ1) is 15.6. The molecule has 0 radical (unpaired) electrons. The second-order valence-electron chi connectivity index (χ2n) is 2.52. The molecule has 0 heterocycles. The number of hydrogen-bond donors (Lipinski definition) is 0. The molecule has 0 atom stereocenters. The SMILES string of the molecule is O=C([O-])OC(F)(F)C(F)(F)C(F)(F)C(F)(F)F. The molecule has 3 nitrogen and oxygen atoms in total. The Kier molecular flexibility index (Phi) is 3.53. The Balaban J connectivity index is 5.47. The number of carbonyl (C=O) groups is 1. The number of carbonyl (C=O) groups excluding carboxylic acids is 1. The molecule has 0 saturated carbocycles. The second-order valence-corrected chi connectivity index (χ2v) is 2.52. The molecule has 0 amide bonds. The van der Waals surface area contributed by atoms with Crippen molar-refractivity contribution in [3.05, 3.63) is 0 Å². The van der Waals surface area contributed by atoms with Crippen molar-refractivity contribution in [3.63, 3.8) is 0 Å². The molecule has 0 unspecified atom stereocenters. The minimum atomic E-state index is -7.20. The smallest absolute Gasteiger partial charge is 0.460 e.